The van der Waals surface area contributed by atoms with Gasteiger partial charge in [0, 0.05) is 11.6 Å². The lowest BCUT2D eigenvalue weighted by atomic mass is 10.0. The Labute approximate surface area is 127 Å². The highest BCUT2D eigenvalue weighted by Crippen LogP contribution is 2.27. The fourth-order valence-electron chi connectivity index (χ4n) is 3.01. The van der Waals surface area contributed by atoms with Gasteiger partial charge in [0.1, 0.15) is 11.8 Å². The molecule has 3 N–H and O–H groups in total. The van der Waals surface area contributed by atoms with Crippen LogP contribution in [0, 0.1) is 0 Å². The zero-order valence-corrected chi connectivity index (χ0v) is 12.8. The molecular formula is C17H26N2O2. The van der Waals surface area contributed by atoms with Crippen LogP contribution in [0.4, 0.5) is 0 Å². The maximum absolute atomic E-state index is 11.9. The summed E-state index contributed by atoms with van der Waals surface area (Å²) in [5, 5.41) is 3.46. The molecule has 4 nitrogen and oxygen atoms in total. The van der Waals surface area contributed by atoms with Crippen LogP contribution >= 0.6 is 0 Å². The minimum absolute atomic E-state index is 0.341. The lowest BCUT2D eigenvalue weighted by molar-refractivity contribution is -0.120. The van der Waals surface area contributed by atoms with E-state index in [1.54, 1.807) is 0 Å². The molecule has 1 aliphatic carbocycles. The highest BCUT2D eigenvalue weighted by molar-refractivity contribution is 5.82. The molecule has 1 fully saturated rings. The van der Waals surface area contributed by atoms with E-state index in [9.17, 15) is 4.79 Å². The molecule has 1 saturated carbocycles. The van der Waals surface area contributed by atoms with Gasteiger partial charge in [-0.2, -0.15) is 0 Å². The van der Waals surface area contributed by atoms with Gasteiger partial charge in [0.05, 0.1) is 6.61 Å². The van der Waals surface area contributed by atoms with Crippen molar-refractivity contribution in [1.29, 1.82) is 0 Å². The first-order valence-electron chi connectivity index (χ1n) is 7.99. The summed E-state index contributed by atoms with van der Waals surface area (Å²) in [6, 6.07) is 7.53. The maximum Gasteiger partial charge on any atom is 0.239 e. The number of benzene rings is 1. The molecule has 0 bridgehead atoms. The van der Waals surface area contributed by atoms with Crippen molar-refractivity contribution < 1.29 is 9.53 Å². The van der Waals surface area contributed by atoms with Gasteiger partial charge in [-0.15, -0.1) is 0 Å². The molecule has 0 aliphatic heterocycles. The average Bonchev–Trinajstić information content (AvgIpc) is 2.74. The molecular weight excluding hydrogens is 264 g/mol. The number of primary amides is 1. The summed E-state index contributed by atoms with van der Waals surface area (Å²) in [5.41, 5.74) is 6.48. The molecule has 1 aromatic rings. The van der Waals surface area contributed by atoms with Crippen LogP contribution < -0.4 is 15.8 Å². The Bertz CT molecular complexity index is 454. The Hall–Kier alpha value is -1.55. The highest BCUT2D eigenvalue weighted by atomic mass is 16.5. The summed E-state index contributed by atoms with van der Waals surface area (Å²) in [5.74, 6) is 0.399. The molecule has 116 valence electrons. The lowest BCUT2D eigenvalue weighted by Gasteiger charge is -2.24. The van der Waals surface area contributed by atoms with E-state index in [1.807, 2.05) is 31.2 Å². The molecule has 1 unspecified atom stereocenters. The van der Waals surface area contributed by atoms with E-state index < -0.39 is 6.04 Å². The second kappa shape index (κ2) is 8.03. The largest absolute Gasteiger partial charge is 0.494 e. The predicted molar refractivity (Wildman–Crippen MR) is 84.2 cm³/mol. The van der Waals surface area contributed by atoms with Gasteiger partial charge >= 0.3 is 0 Å². The fraction of sp³-hybridized carbons (Fsp3) is 0.588. The molecule has 0 aromatic heterocycles. The predicted octanol–water partition coefficient (Wildman–Crippen LogP) is 2.92. The average molecular weight is 290 g/mol. The van der Waals surface area contributed by atoms with E-state index in [4.69, 9.17) is 10.5 Å². The first-order valence-corrected chi connectivity index (χ1v) is 7.99. The van der Waals surface area contributed by atoms with Gasteiger partial charge in [-0.25, -0.2) is 0 Å². The van der Waals surface area contributed by atoms with Crippen LogP contribution in [-0.4, -0.2) is 18.6 Å². The monoisotopic (exact) mass is 290 g/mol. The van der Waals surface area contributed by atoms with Gasteiger partial charge in [0.25, 0.3) is 0 Å². The van der Waals surface area contributed by atoms with Gasteiger partial charge in [-0.3, -0.25) is 10.1 Å². The third-order valence-electron chi connectivity index (χ3n) is 4.07. The maximum atomic E-state index is 11.9. The van der Waals surface area contributed by atoms with E-state index >= 15 is 0 Å². The minimum Gasteiger partial charge on any atom is -0.494 e. The smallest absolute Gasteiger partial charge is 0.239 e. The Morgan fingerprint density at radius 3 is 2.57 bits per heavy atom. The van der Waals surface area contributed by atoms with Crippen molar-refractivity contribution in [2.24, 2.45) is 5.73 Å². The van der Waals surface area contributed by atoms with Gasteiger partial charge in [-0.05, 0) is 25.8 Å². The van der Waals surface area contributed by atoms with Crippen LogP contribution in [-0.2, 0) is 4.79 Å². The molecule has 21 heavy (non-hydrogen) atoms. The summed E-state index contributed by atoms with van der Waals surface area (Å²) in [6.45, 7) is 2.51. The second-order valence-electron chi connectivity index (χ2n) is 5.66. The van der Waals surface area contributed by atoms with Gasteiger partial charge in [0.2, 0.25) is 5.91 Å². The molecule has 4 heteroatoms. The molecule has 2 rings (SSSR count). The van der Waals surface area contributed by atoms with Crippen LogP contribution in [0.3, 0.4) is 0 Å². The summed E-state index contributed by atoms with van der Waals surface area (Å²) >= 11 is 0. The topological polar surface area (TPSA) is 64.3 Å². The van der Waals surface area contributed by atoms with Crippen molar-refractivity contribution in [3.05, 3.63) is 29.8 Å². The fourth-order valence-corrected chi connectivity index (χ4v) is 3.01. The van der Waals surface area contributed by atoms with Gasteiger partial charge in [0.15, 0.2) is 0 Å². The highest BCUT2D eigenvalue weighted by Gasteiger charge is 2.25. The Kier molecular flexibility index (Phi) is 6.05. The summed E-state index contributed by atoms with van der Waals surface area (Å²) < 4.78 is 5.63. The normalized spacial score (nSPS) is 18.0. The number of amides is 1. The Morgan fingerprint density at radius 2 is 1.95 bits per heavy atom. The van der Waals surface area contributed by atoms with E-state index in [1.165, 1.54) is 25.7 Å². The van der Waals surface area contributed by atoms with Crippen molar-refractivity contribution in [3.63, 3.8) is 0 Å². The van der Waals surface area contributed by atoms with Crippen molar-refractivity contribution in [2.75, 3.05) is 6.61 Å². The van der Waals surface area contributed by atoms with Gasteiger partial charge < -0.3 is 10.5 Å². The summed E-state index contributed by atoms with van der Waals surface area (Å²) in [4.78, 5) is 11.9. The standard InChI is InChI=1S/C17H26N2O2/c1-2-21-15-12-8-7-11-14(15)16(17(18)20)19-13-9-5-3-4-6-10-13/h7-8,11-13,16,19H,2-6,9-10H2,1H3,(H2,18,20). The van der Waals surface area contributed by atoms with Crippen molar-refractivity contribution >= 4 is 5.91 Å². The molecule has 1 amide bonds. The third-order valence-corrected chi connectivity index (χ3v) is 4.07. The zero-order chi connectivity index (χ0) is 15.1. The van der Waals surface area contributed by atoms with E-state index in [0.717, 1.165) is 24.2 Å². The Morgan fingerprint density at radius 1 is 1.29 bits per heavy atom. The van der Waals surface area contributed by atoms with Crippen LogP contribution in [0.25, 0.3) is 0 Å². The number of hydrogen-bond donors (Lipinski definition) is 2. The number of carbonyl (C=O) groups is 1. The molecule has 1 aromatic carbocycles. The minimum atomic E-state index is -0.476. The van der Waals surface area contributed by atoms with E-state index in [2.05, 4.69) is 5.32 Å². The summed E-state index contributed by atoms with van der Waals surface area (Å²) in [6.07, 6.45) is 7.23. The van der Waals surface area contributed by atoms with Crippen molar-refractivity contribution in [1.82, 2.24) is 5.32 Å². The van der Waals surface area contributed by atoms with Crippen LogP contribution in [0.1, 0.15) is 57.1 Å². The number of carbonyl (C=O) groups excluding carboxylic acids is 1. The molecule has 0 saturated heterocycles. The van der Waals surface area contributed by atoms with Gasteiger partial charge in [-0.1, -0.05) is 43.9 Å². The quantitative estimate of drug-likeness (QED) is 0.792. The lowest BCUT2D eigenvalue weighted by Crippen LogP contribution is -2.40. The molecule has 0 spiro atoms. The molecule has 1 aliphatic rings. The number of hydrogen-bond acceptors (Lipinski definition) is 3. The van der Waals surface area contributed by atoms with Crippen LogP contribution in [0.5, 0.6) is 5.75 Å². The second-order valence-corrected chi connectivity index (χ2v) is 5.66. The number of para-hydroxylation sites is 1. The number of rotatable bonds is 6. The number of nitrogens with two attached hydrogens (primary N) is 1. The Balaban J connectivity index is 2.16. The SMILES string of the molecule is CCOc1ccccc1C(NC1CCCCCC1)C(N)=O. The molecule has 0 radical (unpaired) electrons. The first-order chi connectivity index (χ1) is 10.2. The number of ether oxygens (including phenoxy) is 1. The number of nitrogens with one attached hydrogen (secondary N) is 1. The zero-order valence-electron chi connectivity index (χ0n) is 12.8. The third kappa shape index (κ3) is 4.46. The first kappa shape index (κ1) is 15.8. The molecule has 1 atom stereocenters. The van der Waals surface area contributed by atoms with E-state index in [-0.39, 0.29) is 5.91 Å². The van der Waals surface area contributed by atoms with Crippen molar-refractivity contribution in [2.45, 2.75) is 57.5 Å². The van der Waals surface area contributed by atoms with Crippen molar-refractivity contribution in [3.8, 4) is 5.75 Å². The van der Waals surface area contributed by atoms with Crippen LogP contribution in [0.2, 0.25) is 0 Å². The summed E-state index contributed by atoms with van der Waals surface area (Å²) in [7, 11) is 0. The molecule has 0 heterocycles. The van der Waals surface area contributed by atoms with E-state index in [0.29, 0.717) is 12.6 Å². The van der Waals surface area contributed by atoms with Crippen LogP contribution in [0.15, 0.2) is 24.3 Å².